The molecule has 2 aromatic rings. The molecule has 3 N–H and O–H groups in total. The van der Waals surface area contributed by atoms with Gasteiger partial charge in [0.05, 0.1) is 5.69 Å². The number of rotatable bonds is 2. The number of halogens is 2. The van der Waals surface area contributed by atoms with Crippen LogP contribution in [0.5, 0.6) is 0 Å². The zero-order chi connectivity index (χ0) is 16.6. The summed E-state index contributed by atoms with van der Waals surface area (Å²) in [5, 5.41) is 5.25. The Kier molecular flexibility index (Phi) is 4.09. The van der Waals surface area contributed by atoms with Crippen LogP contribution in [-0.4, -0.2) is 20.5 Å². The zero-order valence-electron chi connectivity index (χ0n) is 11.5. The van der Waals surface area contributed by atoms with Gasteiger partial charge in [0.2, 0.25) is 10.0 Å². The molecule has 1 heterocycles. The molecular weight excluding hydrogens is 389 g/mol. The average molecular weight is 400 g/mol. The standard InChI is InChI=1S/C14H11BrFN3O3S/c15-8-1-4-10(5-2-8)17-14(20)13-18-11-7-9(16)3-6-12(11)23(21,22)19-13/h1-7,13,18-19H,(H,17,20). The third-order valence-corrected chi connectivity index (χ3v) is 5.19. The molecule has 23 heavy (non-hydrogen) atoms. The van der Waals surface area contributed by atoms with Gasteiger partial charge in [-0.1, -0.05) is 15.9 Å². The zero-order valence-corrected chi connectivity index (χ0v) is 13.9. The minimum atomic E-state index is -3.90. The topological polar surface area (TPSA) is 87.3 Å². The fraction of sp³-hybridized carbons (Fsp3) is 0.0714. The molecule has 0 bridgehead atoms. The first kappa shape index (κ1) is 15.9. The van der Waals surface area contributed by atoms with Gasteiger partial charge < -0.3 is 10.6 Å². The van der Waals surface area contributed by atoms with E-state index in [1.54, 1.807) is 24.3 Å². The smallest absolute Gasteiger partial charge is 0.262 e. The van der Waals surface area contributed by atoms with Crippen LogP contribution in [0.15, 0.2) is 51.8 Å². The van der Waals surface area contributed by atoms with Crippen molar-refractivity contribution in [2.75, 3.05) is 10.6 Å². The van der Waals surface area contributed by atoms with Gasteiger partial charge in [0.15, 0.2) is 6.17 Å². The van der Waals surface area contributed by atoms with Gasteiger partial charge in [-0.25, -0.2) is 12.8 Å². The predicted molar refractivity (Wildman–Crippen MR) is 86.9 cm³/mol. The van der Waals surface area contributed by atoms with Crippen molar-refractivity contribution in [3.8, 4) is 0 Å². The summed E-state index contributed by atoms with van der Waals surface area (Å²) in [7, 11) is -3.90. The number of sulfonamides is 1. The first-order valence-corrected chi connectivity index (χ1v) is 8.78. The highest BCUT2D eigenvalue weighted by molar-refractivity contribution is 9.10. The molecule has 1 unspecified atom stereocenters. The van der Waals surface area contributed by atoms with E-state index in [2.05, 4.69) is 31.3 Å². The average Bonchev–Trinajstić information content (AvgIpc) is 2.48. The van der Waals surface area contributed by atoms with Crippen LogP contribution in [0, 0.1) is 5.82 Å². The molecule has 0 saturated carbocycles. The lowest BCUT2D eigenvalue weighted by atomic mass is 10.2. The molecule has 1 amide bonds. The molecule has 0 aromatic heterocycles. The second-order valence-corrected chi connectivity index (χ2v) is 7.43. The maximum absolute atomic E-state index is 13.3. The van der Waals surface area contributed by atoms with Crippen LogP contribution in [0.4, 0.5) is 15.8 Å². The molecule has 0 spiro atoms. The number of hydrogen-bond donors (Lipinski definition) is 3. The Morgan fingerprint density at radius 3 is 2.57 bits per heavy atom. The van der Waals surface area contributed by atoms with Gasteiger partial charge >= 0.3 is 0 Å². The maximum atomic E-state index is 13.3. The molecule has 0 saturated heterocycles. The van der Waals surface area contributed by atoms with Gasteiger partial charge in [0.25, 0.3) is 5.91 Å². The van der Waals surface area contributed by atoms with E-state index in [9.17, 15) is 17.6 Å². The fourth-order valence-corrected chi connectivity index (χ4v) is 3.64. The van der Waals surface area contributed by atoms with Crippen LogP contribution in [0.1, 0.15) is 0 Å². The highest BCUT2D eigenvalue weighted by Gasteiger charge is 2.33. The number of benzene rings is 2. The van der Waals surface area contributed by atoms with Crippen LogP contribution < -0.4 is 15.4 Å². The number of carbonyl (C=O) groups is 1. The minimum Gasteiger partial charge on any atom is -0.360 e. The Morgan fingerprint density at radius 2 is 1.87 bits per heavy atom. The predicted octanol–water partition coefficient (Wildman–Crippen LogP) is 2.26. The maximum Gasteiger partial charge on any atom is 0.262 e. The van der Waals surface area contributed by atoms with E-state index < -0.39 is 27.9 Å². The van der Waals surface area contributed by atoms with Gasteiger partial charge in [-0.2, -0.15) is 4.72 Å². The molecule has 6 nitrogen and oxygen atoms in total. The largest absolute Gasteiger partial charge is 0.360 e. The number of anilines is 2. The van der Waals surface area contributed by atoms with Gasteiger partial charge in [0, 0.05) is 10.2 Å². The quantitative estimate of drug-likeness (QED) is 0.722. The van der Waals surface area contributed by atoms with Crippen molar-refractivity contribution in [2.24, 2.45) is 0 Å². The highest BCUT2D eigenvalue weighted by atomic mass is 79.9. The summed E-state index contributed by atoms with van der Waals surface area (Å²) in [4.78, 5) is 12.1. The van der Waals surface area contributed by atoms with Crippen LogP contribution in [0.3, 0.4) is 0 Å². The van der Waals surface area contributed by atoms with E-state index in [-0.39, 0.29) is 10.6 Å². The van der Waals surface area contributed by atoms with Crippen molar-refractivity contribution < 1.29 is 17.6 Å². The Labute approximate surface area is 140 Å². The van der Waals surface area contributed by atoms with Crippen molar-refractivity contribution >= 4 is 43.2 Å². The molecule has 120 valence electrons. The molecule has 2 aromatic carbocycles. The fourth-order valence-electron chi connectivity index (χ4n) is 2.12. The van der Waals surface area contributed by atoms with Gasteiger partial charge in [-0.15, -0.1) is 0 Å². The van der Waals surface area contributed by atoms with E-state index in [1.807, 2.05) is 0 Å². The normalized spacial score (nSPS) is 18.6. The van der Waals surface area contributed by atoms with E-state index >= 15 is 0 Å². The van der Waals surface area contributed by atoms with Gasteiger partial charge in [-0.05, 0) is 42.5 Å². The lowest BCUT2D eigenvalue weighted by molar-refractivity contribution is -0.117. The molecule has 1 aliphatic heterocycles. The first-order valence-electron chi connectivity index (χ1n) is 6.50. The Hall–Kier alpha value is -1.97. The Balaban J connectivity index is 1.84. The lowest BCUT2D eigenvalue weighted by Gasteiger charge is -2.27. The van der Waals surface area contributed by atoms with Crippen LogP contribution >= 0.6 is 15.9 Å². The van der Waals surface area contributed by atoms with Crippen molar-refractivity contribution in [1.82, 2.24) is 4.72 Å². The van der Waals surface area contributed by atoms with E-state index in [0.29, 0.717) is 5.69 Å². The molecule has 3 rings (SSSR count). The van der Waals surface area contributed by atoms with Crippen LogP contribution in [0.2, 0.25) is 0 Å². The Morgan fingerprint density at radius 1 is 1.17 bits per heavy atom. The van der Waals surface area contributed by atoms with Gasteiger partial charge in [-0.3, -0.25) is 4.79 Å². The second-order valence-electron chi connectivity index (χ2n) is 4.84. The third kappa shape index (κ3) is 3.36. The SMILES string of the molecule is O=C(Nc1ccc(Br)cc1)C1Nc2cc(F)ccc2S(=O)(=O)N1. The summed E-state index contributed by atoms with van der Waals surface area (Å²) in [5.41, 5.74) is 0.545. The monoisotopic (exact) mass is 399 g/mol. The number of hydrogen-bond acceptors (Lipinski definition) is 4. The lowest BCUT2D eigenvalue weighted by Crippen LogP contribution is -2.51. The number of fused-ring (bicyclic) bond motifs is 1. The third-order valence-electron chi connectivity index (χ3n) is 3.18. The van der Waals surface area contributed by atoms with Gasteiger partial charge in [0.1, 0.15) is 10.7 Å². The summed E-state index contributed by atoms with van der Waals surface area (Å²) in [6, 6.07) is 10.0. The summed E-state index contributed by atoms with van der Waals surface area (Å²) >= 11 is 3.28. The Bertz CT molecular complexity index is 871. The number of amides is 1. The van der Waals surface area contributed by atoms with Crippen molar-refractivity contribution in [3.63, 3.8) is 0 Å². The van der Waals surface area contributed by atoms with Crippen LogP contribution in [-0.2, 0) is 14.8 Å². The summed E-state index contributed by atoms with van der Waals surface area (Å²) in [6.45, 7) is 0. The molecular formula is C14H11BrFN3O3S. The number of nitrogens with one attached hydrogen (secondary N) is 3. The van der Waals surface area contributed by atoms with E-state index in [0.717, 1.165) is 22.7 Å². The molecule has 9 heteroatoms. The number of carbonyl (C=O) groups excluding carboxylic acids is 1. The summed E-state index contributed by atoms with van der Waals surface area (Å²) in [6.07, 6.45) is -1.24. The molecule has 0 aliphatic carbocycles. The summed E-state index contributed by atoms with van der Waals surface area (Å²) < 4.78 is 40.6. The molecule has 1 aliphatic rings. The van der Waals surface area contributed by atoms with Crippen molar-refractivity contribution in [3.05, 3.63) is 52.8 Å². The van der Waals surface area contributed by atoms with Crippen LogP contribution in [0.25, 0.3) is 0 Å². The molecule has 1 atom stereocenters. The molecule has 0 fully saturated rings. The van der Waals surface area contributed by atoms with E-state index in [1.165, 1.54) is 0 Å². The minimum absolute atomic E-state index is 0.0414. The molecule has 0 radical (unpaired) electrons. The second kappa shape index (κ2) is 5.91. The highest BCUT2D eigenvalue weighted by Crippen LogP contribution is 2.27. The summed E-state index contributed by atoms with van der Waals surface area (Å²) in [5.74, 6) is -1.20. The van der Waals surface area contributed by atoms with Crippen molar-refractivity contribution in [2.45, 2.75) is 11.1 Å². The first-order chi connectivity index (χ1) is 10.8. The van der Waals surface area contributed by atoms with Crippen molar-refractivity contribution in [1.29, 1.82) is 0 Å². The van der Waals surface area contributed by atoms with E-state index in [4.69, 9.17) is 0 Å².